The first-order valence-corrected chi connectivity index (χ1v) is 10.6. The van der Waals surface area contributed by atoms with Crippen LogP contribution in [0.25, 0.3) is 0 Å². The van der Waals surface area contributed by atoms with Crippen LogP contribution < -0.4 is 19.5 Å². The summed E-state index contributed by atoms with van der Waals surface area (Å²) in [4.78, 5) is 12.9. The summed E-state index contributed by atoms with van der Waals surface area (Å²) in [6.07, 6.45) is 0. The van der Waals surface area contributed by atoms with Crippen molar-refractivity contribution in [1.29, 1.82) is 0 Å². The summed E-state index contributed by atoms with van der Waals surface area (Å²) in [5, 5.41) is 8.68. The van der Waals surface area contributed by atoms with Crippen LogP contribution >= 0.6 is 0 Å². The Morgan fingerprint density at radius 1 is 1.13 bits per heavy atom. The van der Waals surface area contributed by atoms with Crippen LogP contribution in [-0.2, 0) is 10.0 Å². The largest absolute Gasteiger partial charge is 0.495 e. The van der Waals surface area contributed by atoms with Gasteiger partial charge >= 0.3 is 0 Å². The molecule has 10 heteroatoms. The Balaban J connectivity index is 1.87. The molecule has 3 rings (SSSR count). The van der Waals surface area contributed by atoms with Crippen molar-refractivity contribution in [3.63, 3.8) is 0 Å². The van der Waals surface area contributed by atoms with Gasteiger partial charge in [0.2, 0.25) is 5.03 Å². The molecular formula is C20H22N4O5S. The zero-order chi connectivity index (χ0) is 21.7. The molecule has 0 saturated carbocycles. The highest BCUT2D eigenvalue weighted by Crippen LogP contribution is 2.26. The SMILES string of the molecule is CCOc1ccc(NS(=O)(=O)c2n[nH]c(C)c2C(=O)Nc2ccccc2OC)cc1. The number of nitrogens with one attached hydrogen (secondary N) is 3. The van der Waals surface area contributed by atoms with Crippen molar-refractivity contribution in [3.8, 4) is 11.5 Å². The molecule has 0 aliphatic carbocycles. The second kappa shape index (κ2) is 8.87. The van der Waals surface area contributed by atoms with Crippen molar-refractivity contribution in [3.05, 3.63) is 59.8 Å². The van der Waals surface area contributed by atoms with Gasteiger partial charge in [0.1, 0.15) is 17.1 Å². The molecule has 0 bridgehead atoms. The number of methoxy groups -OCH3 is 1. The third-order valence-corrected chi connectivity index (χ3v) is 5.48. The number of anilines is 2. The number of amides is 1. The molecule has 0 radical (unpaired) electrons. The van der Waals surface area contributed by atoms with Crippen molar-refractivity contribution >= 4 is 27.3 Å². The average molecular weight is 430 g/mol. The lowest BCUT2D eigenvalue weighted by Crippen LogP contribution is -2.20. The first-order valence-electron chi connectivity index (χ1n) is 9.10. The number of benzene rings is 2. The third-order valence-electron chi connectivity index (χ3n) is 4.17. The second-order valence-electron chi connectivity index (χ2n) is 6.25. The van der Waals surface area contributed by atoms with Gasteiger partial charge in [0, 0.05) is 11.4 Å². The third kappa shape index (κ3) is 4.54. The molecule has 1 amide bonds. The molecule has 0 spiro atoms. The summed E-state index contributed by atoms with van der Waals surface area (Å²) in [5.41, 5.74) is 0.956. The summed E-state index contributed by atoms with van der Waals surface area (Å²) in [7, 11) is -2.65. The Bertz CT molecular complexity index is 1140. The fourth-order valence-corrected chi connectivity index (χ4v) is 4.01. The summed E-state index contributed by atoms with van der Waals surface area (Å²) in [5.74, 6) is 0.440. The van der Waals surface area contributed by atoms with Crippen LogP contribution in [0.3, 0.4) is 0 Å². The van der Waals surface area contributed by atoms with E-state index in [9.17, 15) is 13.2 Å². The van der Waals surface area contributed by atoms with Crippen molar-refractivity contribution in [1.82, 2.24) is 10.2 Å². The number of hydrogen-bond donors (Lipinski definition) is 3. The maximum absolute atomic E-state index is 12.9. The highest BCUT2D eigenvalue weighted by atomic mass is 32.2. The zero-order valence-corrected chi connectivity index (χ0v) is 17.5. The normalized spacial score (nSPS) is 11.0. The van der Waals surface area contributed by atoms with Crippen LogP contribution in [0.5, 0.6) is 11.5 Å². The van der Waals surface area contributed by atoms with E-state index in [1.165, 1.54) is 7.11 Å². The summed E-state index contributed by atoms with van der Waals surface area (Å²) in [6.45, 7) is 3.93. The van der Waals surface area contributed by atoms with E-state index in [1.807, 2.05) is 6.92 Å². The number of H-pyrrole nitrogens is 1. The van der Waals surface area contributed by atoms with Gasteiger partial charge in [-0.05, 0) is 50.2 Å². The number of rotatable bonds is 8. The standard InChI is InChI=1S/C20H22N4O5S/c1-4-29-15-11-9-14(10-12-15)24-30(26,27)20-18(13(2)22-23-20)19(25)21-16-7-5-6-8-17(16)28-3/h5-12,24H,4H2,1-3H3,(H,21,25)(H,22,23). The van der Waals surface area contributed by atoms with Crippen molar-refractivity contribution in [2.45, 2.75) is 18.9 Å². The van der Waals surface area contributed by atoms with Gasteiger partial charge < -0.3 is 14.8 Å². The van der Waals surface area contributed by atoms with E-state index in [0.717, 1.165) is 0 Å². The molecule has 0 unspecified atom stereocenters. The van der Waals surface area contributed by atoms with Gasteiger partial charge in [-0.1, -0.05) is 12.1 Å². The Morgan fingerprint density at radius 2 is 1.83 bits per heavy atom. The quantitative estimate of drug-likeness (QED) is 0.504. The van der Waals surface area contributed by atoms with E-state index in [0.29, 0.717) is 35.2 Å². The monoisotopic (exact) mass is 430 g/mol. The number of ether oxygens (including phenoxy) is 2. The van der Waals surface area contributed by atoms with Gasteiger partial charge in [0.05, 0.1) is 19.4 Å². The van der Waals surface area contributed by atoms with Crippen LogP contribution in [0.2, 0.25) is 0 Å². The minimum absolute atomic E-state index is 0.0839. The topological polar surface area (TPSA) is 122 Å². The van der Waals surface area contributed by atoms with E-state index in [2.05, 4.69) is 20.2 Å². The molecule has 158 valence electrons. The number of para-hydroxylation sites is 2. The number of aromatic nitrogens is 2. The van der Waals surface area contributed by atoms with Gasteiger partial charge in [-0.3, -0.25) is 14.6 Å². The van der Waals surface area contributed by atoms with Crippen LogP contribution in [0.15, 0.2) is 53.6 Å². The lowest BCUT2D eigenvalue weighted by molar-refractivity contribution is 0.102. The molecule has 0 fully saturated rings. The first-order chi connectivity index (χ1) is 14.4. The van der Waals surface area contributed by atoms with Crippen LogP contribution in [0, 0.1) is 6.92 Å². The lowest BCUT2D eigenvalue weighted by Gasteiger charge is -2.11. The number of nitrogens with zero attached hydrogens (tertiary/aromatic N) is 1. The number of aromatic amines is 1. The van der Waals surface area contributed by atoms with Gasteiger partial charge in [0.15, 0.2) is 0 Å². The van der Waals surface area contributed by atoms with Crippen LogP contribution in [-0.4, -0.2) is 38.2 Å². The Kier molecular flexibility index (Phi) is 6.26. The minimum atomic E-state index is -4.13. The van der Waals surface area contributed by atoms with E-state index in [1.54, 1.807) is 55.5 Å². The average Bonchev–Trinajstić information content (AvgIpc) is 3.12. The van der Waals surface area contributed by atoms with Gasteiger partial charge in [0.25, 0.3) is 15.9 Å². The molecule has 30 heavy (non-hydrogen) atoms. The fraction of sp³-hybridized carbons (Fsp3) is 0.200. The molecule has 1 heterocycles. The number of carbonyl (C=O) groups excluding carboxylic acids is 1. The minimum Gasteiger partial charge on any atom is -0.495 e. The highest BCUT2D eigenvalue weighted by Gasteiger charge is 2.29. The van der Waals surface area contributed by atoms with Gasteiger partial charge in [-0.25, -0.2) is 0 Å². The second-order valence-corrected chi connectivity index (χ2v) is 7.84. The summed E-state index contributed by atoms with van der Waals surface area (Å²) < 4.78 is 38.8. The predicted molar refractivity (Wildman–Crippen MR) is 113 cm³/mol. The Labute approximate surface area is 174 Å². The zero-order valence-electron chi connectivity index (χ0n) is 16.7. The molecule has 0 aliphatic rings. The van der Waals surface area contributed by atoms with Crippen molar-refractivity contribution < 1.29 is 22.7 Å². The molecule has 1 aromatic heterocycles. The maximum atomic E-state index is 12.9. The number of aryl methyl sites for hydroxylation is 1. The molecule has 0 aliphatic heterocycles. The van der Waals surface area contributed by atoms with Crippen molar-refractivity contribution in [2.24, 2.45) is 0 Å². The number of hydrogen-bond acceptors (Lipinski definition) is 6. The van der Waals surface area contributed by atoms with E-state index < -0.39 is 21.0 Å². The summed E-state index contributed by atoms with van der Waals surface area (Å²) in [6, 6.07) is 13.2. The molecule has 3 N–H and O–H groups in total. The lowest BCUT2D eigenvalue weighted by atomic mass is 10.2. The van der Waals surface area contributed by atoms with Gasteiger partial charge in [-0.2, -0.15) is 13.5 Å². The van der Waals surface area contributed by atoms with E-state index in [4.69, 9.17) is 9.47 Å². The summed E-state index contributed by atoms with van der Waals surface area (Å²) >= 11 is 0. The number of carbonyl (C=O) groups is 1. The fourth-order valence-electron chi connectivity index (χ4n) is 2.79. The molecular weight excluding hydrogens is 408 g/mol. The molecule has 2 aromatic carbocycles. The Morgan fingerprint density at radius 3 is 2.50 bits per heavy atom. The van der Waals surface area contributed by atoms with Crippen molar-refractivity contribution in [2.75, 3.05) is 23.8 Å². The predicted octanol–water partition coefficient (Wildman–Crippen LogP) is 3.18. The first kappa shape index (κ1) is 21.2. The van der Waals surface area contributed by atoms with Crippen LogP contribution in [0.4, 0.5) is 11.4 Å². The maximum Gasteiger partial charge on any atom is 0.282 e. The Hall–Kier alpha value is -3.53. The smallest absolute Gasteiger partial charge is 0.282 e. The molecule has 9 nitrogen and oxygen atoms in total. The van der Waals surface area contributed by atoms with Crippen LogP contribution in [0.1, 0.15) is 23.0 Å². The van der Waals surface area contributed by atoms with Gasteiger partial charge in [-0.15, -0.1) is 0 Å². The number of sulfonamides is 1. The van der Waals surface area contributed by atoms with E-state index >= 15 is 0 Å². The highest BCUT2D eigenvalue weighted by molar-refractivity contribution is 7.92. The van der Waals surface area contributed by atoms with E-state index in [-0.39, 0.29) is 5.56 Å². The molecule has 0 saturated heterocycles. The molecule has 3 aromatic rings. The molecule has 0 atom stereocenters.